The van der Waals surface area contributed by atoms with E-state index in [1.807, 2.05) is 55.5 Å². The van der Waals surface area contributed by atoms with Gasteiger partial charge in [-0.25, -0.2) is 0 Å². The summed E-state index contributed by atoms with van der Waals surface area (Å²) in [5.74, 6) is 1.31. The smallest absolute Gasteiger partial charge is 0.193 e. The molecule has 0 aromatic heterocycles. The molecule has 2 aromatic carbocycles. The largest absolute Gasteiger partial charge is 0.494 e. The molecule has 0 aliphatic heterocycles. The van der Waals surface area contributed by atoms with Crippen LogP contribution in [0.25, 0.3) is 0 Å². The fraction of sp³-hybridized carbons (Fsp3) is 0.278. The molecule has 2 nitrogen and oxygen atoms in total. The van der Waals surface area contributed by atoms with Crippen LogP contribution in [-0.2, 0) is 0 Å². The van der Waals surface area contributed by atoms with Crippen molar-refractivity contribution in [3.8, 4) is 5.75 Å². The molecule has 0 bridgehead atoms. The molecule has 0 radical (unpaired) electrons. The van der Waals surface area contributed by atoms with E-state index in [9.17, 15) is 4.79 Å². The zero-order chi connectivity index (χ0) is 14.5. The predicted octanol–water partition coefficient (Wildman–Crippen LogP) is 4.44. The van der Waals surface area contributed by atoms with Crippen molar-refractivity contribution in [1.29, 1.82) is 0 Å². The Bertz CT molecular complexity index is 565. The van der Waals surface area contributed by atoms with Gasteiger partial charge in [-0.15, -0.1) is 0 Å². The first-order valence-corrected chi connectivity index (χ1v) is 6.99. The summed E-state index contributed by atoms with van der Waals surface area (Å²) in [6.45, 7) is 6.85. The lowest BCUT2D eigenvalue weighted by Gasteiger charge is -2.07. The Labute approximate surface area is 120 Å². The average Bonchev–Trinajstić information content (AvgIpc) is 2.48. The number of carbonyl (C=O) groups excluding carboxylic acids is 1. The summed E-state index contributed by atoms with van der Waals surface area (Å²) in [4.78, 5) is 12.4. The van der Waals surface area contributed by atoms with Gasteiger partial charge in [-0.3, -0.25) is 4.79 Å². The van der Waals surface area contributed by atoms with Gasteiger partial charge in [0.25, 0.3) is 0 Å². The minimum atomic E-state index is 0.0448. The Kier molecular flexibility index (Phi) is 4.57. The van der Waals surface area contributed by atoms with Gasteiger partial charge in [0.05, 0.1) is 6.61 Å². The maximum Gasteiger partial charge on any atom is 0.193 e. The van der Waals surface area contributed by atoms with E-state index in [1.54, 1.807) is 0 Å². The molecule has 2 heteroatoms. The van der Waals surface area contributed by atoms with E-state index >= 15 is 0 Å². The number of rotatable bonds is 5. The van der Waals surface area contributed by atoms with Crippen LogP contribution in [0.2, 0.25) is 0 Å². The maximum absolute atomic E-state index is 12.4. The lowest BCUT2D eigenvalue weighted by Crippen LogP contribution is -2.02. The van der Waals surface area contributed by atoms with Gasteiger partial charge in [0.15, 0.2) is 5.78 Å². The van der Waals surface area contributed by atoms with Gasteiger partial charge in [0.1, 0.15) is 5.75 Å². The summed E-state index contributed by atoms with van der Waals surface area (Å²) in [6.07, 6.45) is 0. The Balaban J connectivity index is 2.17. The second-order valence-corrected chi connectivity index (χ2v) is 5.06. The van der Waals surface area contributed by atoms with Crippen LogP contribution in [0.5, 0.6) is 5.75 Å². The molecule has 0 heterocycles. The van der Waals surface area contributed by atoms with Crippen LogP contribution in [0.1, 0.15) is 48.2 Å². The summed E-state index contributed by atoms with van der Waals surface area (Å²) in [7, 11) is 0. The molecule has 2 rings (SSSR count). The van der Waals surface area contributed by atoms with E-state index in [4.69, 9.17) is 4.74 Å². The van der Waals surface area contributed by atoms with Gasteiger partial charge in [0, 0.05) is 11.1 Å². The normalized spacial score (nSPS) is 10.6. The molecule has 0 amide bonds. The number of carbonyl (C=O) groups is 1. The van der Waals surface area contributed by atoms with Crippen molar-refractivity contribution < 1.29 is 9.53 Å². The third-order valence-corrected chi connectivity index (χ3v) is 3.27. The highest BCUT2D eigenvalue weighted by Gasteiger charge is 2.09. The molecule has 0 aliphatic rings. The van der Waals surface area contributed by atoms with Crippen molar-refractivity contribution in [2.45, 2.75) is 26.7 Å². The van der Waals surface area contributed by atoms with Gasteiger partial charge in [-0.05, 0) is 42.7 Å². The zero-order valence-corrected chi connectivity index (χ0v) is 12.2. The molecular weight excluding hydrogens is 248 g/mol. The second-order valence-electron chi connectivity index (χ2n) is 5.06. The van der Waals surface area contributed by atoms with Crippen molar-refractivity contribution in [3.63, 3.8) is 0 Å². The van der Waals surface area contributed by atoms with Crippen molar-refractivity contribution in [2.24, 2.45) is 0 Å². The van der Waals surface area contributed by atoms with Crippen LogP contribution in [0.4, 0.5) is 0 Å². The fourth-order valence-corrected chi connectivity index (χ4v) is 2.06. The first kappa shape index (κ1) is 14.3. The van der Waals surface area contributed by atoms with E-state index in [0.717, 1.165) is 11.3 Å². The lowest BCUT2D eigenvalue weighted by atomic mass is 9.98. The van der Waals surface area contributed by atoms with Gasteiger partial charge in [-0.2, -0.15) is 0 Å². The lowest BCUT2D eigenvalue weighted by molar-refractivity contribution is 0.103. The molecule has 20 heavy (non-hydrogen) atoms. The number of ether oxygens (including phenoxy) is 1. The van der Waals surface area contributed by atoms with Crippen LogP contribution < -0.4 is 4.74 Å². The van der Waals surface area contributed by atoms with Crippen LogP contribution in [0.15, 0.2) is 48.5 Å². The molecular formula is C18H20O2. The monoisotopic (exact) mass is 268 g/mol. The second kappa shape index (κ2) is 6.38. The molecule has 104 valence electrons. The maximum atomic E-state index is 12.4. The summed E-state index contributed by atoms with van der Waals surface area (Å²) in [5, 5.41) is 0. The highest BCUT2D eigenvalue weighted by atomic mass is 16.5. The van der Waals surface area contributed by atoms with Crippen LogP contribution >= 0.6 is 0 Å². The Hall–Kier alpha value is -2.09. The standard InChI is InChI=1S/C18H20O2/c1-4-20-17-11-9-16(10-12-17)18(19)15-7-5-14(6-8-15)13(2)3/h5-13H,4H2,1-3H3. The molecule has 0 aliphatic carbocycles. The van der Waals surface area contributed by atoms with E-state index in [1.165, 1.54) is 5.56 Å². The van der Waals surface area contributed by atoms with Crippen LogP contribution in [0, 0.1) is 0 Å². The van der Waals surface area contributed by atoms with Crippen molar-refractivity contribution in [1.82, 2.24) is 0 Å². The number of hydrogen-bond donors (Lipinski definition) is 0. The van der Waals surface area contributed by atoms with E-state index in [0.29, 0.717) is 18.1 Å². The number of benzene rings is 2. The van der Waals surface area contributed by atoms with Crippen molar-refractivity contribution >= 4 is 5.78 Å². The molecule has 2 aromatic rings. The zero-order valence-electron chi connectivity index (χ0n) is 12.2. The Morgan fingerprint density at radius 3 is 1.90 bits per heavy atom. The summed E-state index contributed by atoms with van der Waals surface area (Å²) >= 11 is 0. The summed E-state index contributed by atoms with van der Waals surface area (Å²) < 4.78 is 5.38. The van der Waals surface area contributed by atoms with Gasteiger partial charge in [0.2, 0.25) is 0 Å². The van der Waals surface area contributed by atoms with Crippen LogP contribution in [-0.4, -0.2) is 12.4 Å². The molecule has 0 fully saturated rings. The molecule has 0 spiro atoms. The molecule has 0 saturated heterocycles. The van der Waals surface area contributed by atoms with E-state index in [-0.39, 0.29) is 5.78 Å². The van der Waals surface area contributed by atoms with Crippen molar-refractivity contribution in [3.05, 3.63) is 65.2 Å². The Morgan fingerprint density at radius 2 is 1.45 bits per heavy atom. The van der Waals surface area contributed by atoms with Gasteiger partial charge >= 0.3 is 0 Å². The average molecular weight is 268 g/mol. The Morgan fingerprint density at radius 1 is 0.950 bits per heavy atom. The minimum absolute atomic E-state index is 0.0448. The quantitative estimate of drug-likeness (QED) is 0.749. The fourth-order valence-electron chi connectivity index (χ4n) is 2.06. The summed E-state index contributed by atoms with van der Waals surface area (Å²) in [5.41, 5.74) is 2.65. The topological polar surface area (TPSA) is 26.3 Å². The van der Waals surface area contributed by atoms with Crippen LogP contribution in [0.3, 0.4) is 0 Å². The van der Waals surface area contributed by atoms with Gasteiger partial charge in [-0.1, -0.05) is 38.1 Å². The molecule has 0 saturated carbocycles. The molecule has 0 N–H and O–H groups in total. The van der Waals surface area contributed by atoms with Crippen molar-refractivity contribution in [2.75, 3.05) is 6.61 Å². The predicted molar refractivity (Wildman–Crippen MR) is 81.6 cm³/mol. The number of hydrogen-bond acceptors (Lipinski definition) is 2. The number of ketones is 1. The highest BCUT2D eigenvalue weighted by Crippen LogP contribution is 2.18. The molecule has 0 unspecified atom stereocenters. The highest BCUT2D eigenvalue weighted by molar-refractivity contribution is 6.09. The SMILES string of the molecule is CCOc1ccc(C(=O)c2ccc(C(C)C)cc2)cc1. The minimum Gasteiger partial charge on any atom is -0.494 e. The summed E-state index contributed by atoms with van der Waals surface area (Å²) in [6, 6.07) is 15.1. The molecule has 0 atom stereocenters. The van der Waals surface area contributed by atoms with E-state index < -0.39 is 0 Å². The first-order valence-electron chi connectivity index (χ1n) is 6.99. The van der Waals surface area contributed by atoms with Gasteiger partial charge < -0.3 is 4.74 Å². The first-order chi connectivity index (χ1) is 9.61. The third kappa shape index (κ3) is 3.27. The third-order valence-electron chi connectivity index (χ3n) is 3.27. The van der Waals surface area contributed by atoms with E-state index in [2.05, 4.69) is 13.8 Å².